The van der Waals surface area contributed by atoms with Gasteiger partial charge in [0.15, 0.2) is 0 Å². The van der Waals surface area contributed by atoms with E-state index in [0.29, 0.717) is 11.8 Å². The lowest BCUT2D eigenvalue weighted by Gasteiger charge is -2.35. The first-order valence-electron chi connectivity index (χ1n) is 7.85. The fourth-order valence-electron chi connectivity index (χ4n) is 2.54. The molecule has 0 N–H and O–H groups in total. The van der Waals surface area contributed by atoms with Gasteiger partial charge in [0.25, 0.3) is 0 Å². The second-order valence-corrected chi connectivity index (χ2v) is 7.16. The van der Waals surface area contributed by atoms with Crippen molar-refractivity contribution in [2.45, 2.75) is 29.7 Å². The van der Waals surface area contributed by atoms with Crippen LogP contribution in [0.25, 0.3) is 0 Å². The first-order chi connectivity index (χ1) is 11.5. The molecule has 0 saturated heterocycles. The monoisotopic (exact) mass is 343 g/mol. The molecule has 2 heterocycles. The van der Waals surface area contributed by atoms with Crippen molar-refractivity contribution in [2.24, 2.45) is 0 Å². The van der Waals surface area contributed by atoms with E-state index in [1.54, 1.807) is 11.8 Å². The summed E-state index contributed by atoms with van der Waals surface area (Å²) in [5.74, 6) is 1.24. The third-order valence-electron chi connectivity index (χ3n) is 4.04. The molecule has 1 aliphatic heterocycles. The fourth-order valence-corrected chi connectivity index (χ4v) is 3.63. The van der Waals surface area contributed by atoms with Crippen molar-refractivity contribution in [3.63, 3.8) is 0 Å². The SMILES string of the molecule is CC(=O)Oc1ccc2c(c1)Sc1cccnc1N2CC(C)N(C)C. The molecule has 126 valence electrons. The summed E-state index contributed by atoms with van der Waals surface area (Å²) in [6.45, 7) is 4.44. The third kappa shape index (κ3) is 3.39. The van der Waals surface area contributed by atoms with Crippen LogP contribution in [0.2, 0.25) is 0 Å². The van der Waals surface area contributed by atoms with Crippen LogP contribution in [0.5, 0.6) is 5.75 Å². The Morgan fingerprint density at radius 3 is 2.83 bits per heavy atom. The van der Waals surface area contributed by atoms with Crippen molar-refractivity contribution in [1.29, 1.82) is 0 Å². The predicted molar refractivity (Wildman–Crippen MR) is 96.3 cm³/mol. The van der Waals surface area contributed by atoms with Crippen LogP contribution in [0.4, 0.5) is 11.5 Å². The molecule has 2 aromatic rings. The largest absolute Gasteiger partial charge is 0.427 e. The average Bonchev–Trinajstić information content (AvgIpc) is 2.53. The molecule has 0 fully saturated rings. The van der Waals surface area contributed by atoms with Gasteiger partial charge in [-0.05, 0) is 51.4 Å². The van der Waals surface area contributed by atoms with E-state index < -0.39 is 0 Å². The maximum atomic E-state index is 11.2. The summed E-state index contributed by atoms with van der Waals surface area (Å²) in [5, 5.41) is 0. The van der Waals surface area contributed by atoms with Gasteiger partial charge < -0.3 is 14.5 Å². The number of nitrogens with zero attached hydrogens (tertiary/aromatic N) is 3. The lowest BCUT2D eigenvalue weighted by Crippen LogP contribution is -2.37. The molecule has 5 nitrogen and oxygen atoms in total. The molecule has 0 radical (unpaired) electrons. The molecule has 1 unspecified atom stereocenters. The van der Waals surface area contributed by atoms with Crippen molar-refractivity contribution in [3.8, 4) is 5.75 Å². The maximum Gasteiger partial charge on any atom is 0.308 e. The van der Waals surface area contributed by atoms with E-state index in [-0.39, 0.29) is 5.97 Å². The van der Waals surface area contributed by atoms with Gasteiger partial charge in [-0.25, -0.2) is 4.98 Å². The Hall–Kier alpha value is -2.05. The highest BCUT2D eigenvalue weighted by atomic mass is 32.2. The van der Waals surface area contributed by atoms with Gasteiger partial charge in [0, 0.05) is 30.6 Å². The lowest BCUT2D eigenvalue weighted by atomic mass is 10.2. The van der Waals surface area contributed by atoms with Gasteiger partial charge in [0.1, 0.15) is 11.6 Å². The number of pyridine rings is 1. The number of carbonyl (C=O) groups excluding carboxylic acids is 1. The molecule has 0 aliphatic carbocycles. The Balaban J connectivity index is 2.01. The third-order valence-corrected chi connectivity index (χ3v) is 5.12. The van der Waals surface area contributed by atoms with Crippen LogP contribution < -0.4 is 9.64 Å². The van der Waals surface area contributed by atoms with E-state index in [4.69, 9.17) is 4.74 Å². The van der Waals surface area contributed by atoms with Crippen LogP contribution in [0, 0.1) is 0 Å². The van der Waals surface area contributed by atoms with Gasteiger partial charge in [-0.1, -0.05) is 11.8 Å². The summed E-state index contributed by atoms with van der Waals surface area (Å²) in [4.78, 5) is 22.4. The molecule has 1 aromatic heterocycles. The minimum absolute atomic E-state index is 0.309. The molecule has 0 bridgehead atoms. The molecule has 24 heavy (non-hydrogen) atoms. The summed E-state index contributed by atoms with van der Waals surface area (Å²) < 4.78 is 5.23. The first-order valence-corrected chi connectivity index (χ1v) is 8.66. The van der Waals surface area contributed by atoms with Gasteiger partial charge in [0.2, 0.25) is 0 Å². The summed E-state index contributed by atoms with van der Waals surface area (Å²) in [6.07, 6.45) is 1.82. The van der Waals surface area contributed by atoms with Crippen LogP contribution >= 0.6 is 11.8 Å². The van der Waals surface area contributed by atoms with E-state index >= 15 is 0 Å². The van der Waals surface area contributed by atoms with E-state index in [1.807, 2.05) is 30.5 Å². The van der Waals surface area contributed by atoms with Crippen LogP contribution in [0.1, 0.15) is 13.8 Å². The summed E-state index contributed by atoms with van der Waals surface area (Å²) in [6, 6.07) is 10.1. The Kier molecular flexibility index (Phi) is 4.78. The van der Waals surface area contributed by atoms with Gasteiger partial charge in [0.05, 0.1) is 10.6 Å². The zero-order chi connectivity index (χ0) is 17.3. The van der Waals surface area contributed by atoms with Crippen molar-refractivity contribution in [2.75, 3.05) is 25.5 Å². The second kappa shape index (κ2) is 6.83. The van der Waals surface area contributed by atoms with Gasteiger partial charge in [-0.3, -0.25) is 4.79 Å². The average molecular weight is 343 g/mol. The molecule has 3 rings (SSSR count). The molecule has 0 saturated carbocycles. The Morgan fingerprint density at radius 2 is 2.12 bits per heavy atom. The number of ether oxygens (including phenoxy) is 1. The second-order valence-electron chi connectivity index (χ2n) is 6.07. The van der Waals surface area contributed by atoms with Crippen LogP contribution in [-0.4, -0.2) is 42.5 Å². The summed E-state index contributed by atoms with van der Waals surface area (Å²) in [5.41, 5.74) is 1.09. The van der Waals surface area contributed by atoms with Crippen LogP contribution in [0.15, 0.2) is 46.3 Å². The molecule has 1 aliphatic rings. The number of benzene rings is 1. The Labute approximate surface area is 146 Å². The maximum absolute atomic E-state index is 11.2. The number of hydrogen-bond donors (Lipinski definition) is 0. The number of hydrogen-bond acceptors (Lipinski definition) is 6. The standard InChI is InChI=1S/C18H21N3O2S/c1-12(20(3)4)11-21-15-8-7-14(23-13(2)22)10-17(15)24-16-6-5-9-19-18(16)21/h5-10,12H,11H2,1-4H3. The molecule has 6 heteroatoms. The lowest BCUT2D eigenvalue weighted by molar-refractivity contribution is -0.131. The highest BCUT2D eigenvalue weighted by molar-refractivity contribution is 7.99. The zero-order valence-corrected chi connectivity index (χ0v) is 15.1. The van der Waals surface area contributed by atoms with E-state index in [1.165, 1.54) is 6.92 Å². The number of aromatic nitrogens is 1. The molecular weight excluding hydrogens is 322 g/mol. The van der Waals surface area contributed by atoms with Crippen LogP contribution in [0.3, 0.4) is 0 Å². The zero-order valence-electron chi connectivity index (χ0n) is 14.3. The minimum Gasteiger partial charge on any atom is -0.427 e. The number of rotatable bonds is 4. The smallest absolute Gasteiger partial charge is 0.308 e. The molecule has 0 amide bonds. The van der Waals surface area contributed by atoms with Crippen molar-refractivity contribution < 1.29 is 9.53 Å². The number of anilines is 2. The van der Waals surface area contributed by atoms with E-state index in [2.05, 4.69) is 41.9 Å². The van der Waals surface area contributed by atoms with Crippen LogP contribution in [-0.2, 0) is 4.79 Å². The summed E-state index contributed by atoms with van der Waals surface area (Å²) >= 11 is 1.65. The first kappa shape index (κ1) is 16.8. The minimum atomic E-state index is -0.309. The van der Waals surface area contributed by atoms with Crippen molar-refractivity contribution in [1.82, 2.24) is 9.88 Å². The topological polar surface area (TPSA) is 45.7 Å². The molecular formula is C18H21N3O2S. The van der Waals surface area contributed by atoms with Crippen molar-refractivity contribution in [3.05, 3.63) is 36.5 Å². The summed E-state index contributed by atoms with van der Waals surface area (Å²) in [7, 11) is 4.15. The molecule has 1 aromatic carbocycles. The highest BCUT2D eigenvalue weighted by Gasteiger charge is 2.26. The number of esters is 1. The molecule has 1 atom stereocenters. The Morgan fingerprint density at radius 1 is 1.33 bits per heavy atom. The van der Waals surface area contributed by atoms with Gasteiger partial charge >= 0.3 is 5.97 Å². The van der Waals surface area contributed by atoms with Gasteiger partial charge in [-0.2, -0.15) is 0 Å². The fraction of sp³-hybridized carbons (Fsp3) is 0.333. The van der Waals surface area contributed by atoms with Gasteiger partial charge in [-0.15, -0.1) is 0 Å². The number of carbonyl (C=O) groups is 1. The van der Waals surface area contributed by atoms with E-state index in [0.717, 1.165) is 27.8 Å². The molecule has 0 spiro atoms. The predicted octanol–water partition coefficient (Wildman–Crippen LogP) is 3.56. The Bertz CT molecular complexity index is 764. The number of likely N-dealkylation sites (N-methyl/N-ethyl adjacent to an activating group) is 1. The number of fused-ring (bicyclic) bond motifs is 2. The normalized spacial score (nSPS) is 14.1. The van der Waals surface area contributed by atoms with Crippen molar-refractivity contribution >= 4 is 29.2 Å². The quantitative estimate of drug-likeness (QED) is 0.625. The van der Waals surface area contributed by atoms with E-state index in [9.17, 15) is 4.79 Å². The highest BCUT2D eigenvalue weighted by Crippen LogP contribution is 2.48.